The molecule has 1 aliphatic carbocycles. The van der Waals surface area contributed by atoms with Gasteiger partial charge in [0.15, 0.2) is 0 Å². The van der Waals surface area contributed by atoms with Crippen molar-refractivity contribution in [2.45, 2.75) is 25.3 Å². The van der Waals surface area contributed by atoms with Crippen LogP contribution < -0.4 is 11.1 Å². The highest BCUT2D eigenvalue weighted by molar-refractivity contribution is 7.20. The third-order valence-corrected chi connectivity index (χ3v) is 5.04. The zero-order chi connectivity index (χ0) is 13.2. The molecule has 1 aromatic carbocycles. The Morgan fingerprint density at radius 1 is 1.37 bits per heavy atom. The predicted molar refractivity (Wildman–Crippen MR) is 79.5 cm³/mol. The molecule has 2 aromatic rings. The Morgan fingerprint density at radius 3 is 3.00 bits per heavy atom. The molecule has 0 spiro atoms. The van der Waals surface area contributed by atoms with E-state index < -0.39 is 0 Å². The summed E-state index contributed by atoms with van der Waals surface area (Å²) in [5, 5.41) is 4.29. The van der Waals surface area contributed by atoms with Gasteiger partial charge in [-0.3, -0.25) is 4.79 Å². The third kappa shape index (κ3) is 2.51. The van der Waals surface area contributed by atoms with Gasteiger partial charge in [-0.15, -0.1) is 11.3 Å². The number of carbonyl (C=O) groups is 1. The van der Waals surface area contributed by atoms with Gasteiger partial charge in [-0.2, -0.15) is 0 Å². The van der Waals surface area contributed by atoms with E-state index in [1.54, 1.807) is 11.3 Å². The van der Waals surface area contributed by atoms with E-state index in [1.807, 2.05) is 24.3 Å². The molecule has 1 saturated carbocycles. The Kier molecular flexibility index (Phi) is 3.53. The van der Waals surface area contributed by atoms with Gasteiger partial charge in [0.25, 0.3) is 5.91 Å². The van der Waals surface area contributed by atoms with Crippen LogP contribution in [0.5, 0.6) is 0 Å². The Morgan fingerprint density at radius 2 is 2.21 bits per heavy atom. The molecule has 1 heterocycles. The number of thiophene rings is 1. The number of carbonyl (C=O) groups excluding carboxylic acids is 1. The van der Waals surface area contributed by atoms with Gasteiger partial charge in [0.2, 0.25) is 0 Å². The molecule has 2 atom stereocenters. The van der Waals surface area contributed by atoms with Gasteiger partial charge >= 0.3 is 0 Å². The summed E-state index contributed by atoms with van der Waals surface area (Å²) < 4.78 is 1.16. The highest BCUT2D eigenvalue weighted by Gasteiger charge is 2.27. The molecule has 0 bridgehead atoms. The van der Waals surface area contributed by atoms with Crippen LogP contribution in [0.25, 0.3) is 10.1 Å². The van der Waals surface area contributed by atoms with Crippen molar-refractivity contribution >= 4 is 27.3 Å². The number of fused-ring (bicyclic) bond motifs is 1. The van der Waals surface area contributed by atoms with Crippen molar-refractivity contribution < 1.29 is 4.79 Å². The third-order valence-electron chi connectivity index (χ3n) is 3.93. The van der Waals surface area contributed by atoms with E-state index in [9.17, 15) is 4.79 Å². The summed E-state index contributed by atoms with van der Waals surface area (Å²) in [7, 11) is 0. The molecular weight excluding hydrogens is 256 g/mol. The zero-order valence-corrected chi connectivity index (χ0v) is 11.6. The summed E-state index contributed by atoms with van der Waals surface area (Å²) in [5.41, 5.74) is 5.75. The lowest BCUT2D eigenvalue weighted by molar-refractivity contribution is 0.0933. The molecule has 3 rings (SSSR count). The fraction of sp³-hybridized carbons (Fsp3) is 0.400. The maximum atomic E-state index is 12.3. The summed E-state index contributed by atoms with van der Waals surface area (Å²) in [6.07, 6.45) is 3.35. The number of hydrogen-bond acceptors (Lipinski definition) is 3. The van der Waals surface area contributed by atoms with E-state index in [4.69, 9.17) is 5.73 Å². The second-order valence-corrected chi connectivity index (χ2v) is 6.24. The fourth-order valence-corrected chi connectivity index (χ4v) is 3.81. The fourth-order valence-electron chi connectivity index (χ4n) is 2.84. The second-order valence-electron chi connectivity index (χ2n) is 5.16. The molecule has 1 amide bonds. The average molecular weight is 274 g/mol. The number of rotatable bonds is 3. The van der Waals surface area contributed by atoms with Crippen LogP contribution in [0.3, 0.4) is 0 Å². The van der Waals surface area contributed by atoms with Crippen LogP contribution in [-0.2, 0) is 0 Å². The molecule has 1 aromatic heterocycles. The maximum Gasteiger partial charge on any atom is 0.261 e. The van der Waals surface area contributed by atoms with E-state index in [1.165, 1.54) is 6.42 Å². The van der Waals surface area contributed by atoms with Crippen LogP contribution >= 0.6 is 11.3 Å². The highest BCUT2D eigenvalue weighted by atomic mass is 32.1. The number of nitrogens with one attached hydrogen (secondary N) is 1. The van der Waals surface area contributed by atoms with Gasteiger partial charge in [-0.25, -0.2) is 0 Å². The number of hydrogen-bond donors (Lipinski definition) is 2. The first kappa shape index (κ1) is 12.6. The predicted octanol–water partition coefficient (Wildman–Crippen LogP) is 2.76. The Bertz CT molecular complexity index is 560. The monoisotopic (exact) mass is 274 g/mol. The molecule has 1 fully saturated rings. The molecule has 3 N–H and O–H groups in total. The topological polar surface area (TPSA) is 55.1 Å². The quantitative estimate of drug-likeness (QED) is 0.904. The van der Waals surface area contributed by atoms with Crippen molar-refractivity contribution in [1.82, 2.24) is 5.32 Å². The smallest absolute Gasteiger partial charge is 0.261 e. The zero-order valence-electron chi connectivity index (χ0n) is 10.8. The van der Waals surface area contributed by atoms with Gasteiger partial charge < -0.3 is 11.1 Å². The summed E-state index contributed by atoms with van der Waals surface area (Å²) in [6.45, 7) is 0.664. The van der Waals surface area contributed by atoms with Crippen LogP contribution in [0.4, 0.5) is 0 Å². The molecule has 2 unspecified atom stereocenters. The lowest BCUT2D eigenvalue weighted by Crippen LogP contribution is -2.39. The number of benzene rings is 1. The first-order chi connectivity index (χ1) is 9.28. The van der Waals surface area contributed by atoms with Crippen molar-refractivity contribution in [3.63, 3.8) is 0 Å². The second kappa shape index (κ2) is 5.31. The average Bonchev–Trinajstić information content (AvgIpc) is 3.03. The van der Waals surface area contributed by atoms with Crippen LogP contribution in [0.15, 0.2) is 30.3 Å². The molecule has 100 valence electrons. The normalized spacial score (nSPS) is 22.8. The van der Waals surface area contributed by atoms with Crippen LogP contribution in [0.2, 0.25) is 0 Å². The van der Waals surface area contributed by atoms with E-state index in [2.05, 4.69) is 11.4 Å². The van der Waals surface area contributed by atoms with E-state index in [-0.39, 0.29) is 11.9 Å². The molecule has 3 nitrogen and oxygen atoms in total. The van der Waals surface area contributed by atoms with Gasteiger partial charge in [0, 0.05) is 10.7 Å². The first-order valence-corrected chi connectivity index (χ1v) is 7.59. The van der Waals surface area contributed by atoms with Crippen molar-refractivity contribution in [2.24, 2.45) is 11.7 Å². The molecule has 0 aliphatic heterocycles. The SMILES string of the molecule is NCC1CCCC1NC(=O)c1cc2ccccc2s1. The highest BCUT2D eigenvalue weighted by Crippen LogP contribution is 2.27. The van der Waals surface area contributed by atoms with Gasteiger partial charge in [-0.05, 0) is 42.8 Å². The number of amides is 1. The first-order valence-electron chi connectivity index (χ1n) is 6.77. The van der Waals surface area contributed by atoms with Crippen LogP contribution in [0, 0.1) is 5.92 Å². The molecule has 0 saturated heterocycles. The van der Waals surface area contributed by atoms with Crippen LogP contribution in [0.1, 0.15) is 28.9 Å². The Labute approximate surface area is 116 Å². The minimum absolute atomic E-state index is 0.0477. The molecule has 4 heteroatoms. The maximum absolute atomic E-state index is 12.3. The van der Waals surface area contributed by atoms with Crippen molar-refractivity contribution in [1.29, 1.82) is 0 Å². The summed E-state index contributed by atoms with van der Waals surface area (Å²) in [5.74, 6) is 0.491. The van der Waals surface area contributed by atoms with Crippen molar-refractivity contribution in [3.8, 4) is 0 Å². The summed E-state index contributed by atoms with van der Waals surface area (Å²) in [4.78, 5) is 13.1. The lowest BCUT2D eigenvalue weighted by atomic mass is 10.0. The van der Waals surface area contributed by atoms with Crippen LogP contribution in [-0.4, -0.2) is 18.5 Å². The van der Waals surface area contributed by atoms with Gasteiger partial charge in [0.05, 0.1) is 4.88 Å². The lowest BCUT2D eigenvalue weighted by Gasteiger charge is -2.18. The largest absolute Gasteiger partial charge is 0.348 e. The Hall–Kier alpha value is -1.39. The molecular formula is C15H18N2OS. The van der Waals surface area contributed by atoms with Crippen molar-refractivity contribution in [3.05, 3.63) is 35.2 Å². The van der Waals surface area contributed by atoms with Gasteiger partial charge in [-0.1, -0.05) is 24.6 Å². The molecule has 1 aliphatic rings. The Balaban J connectivity index is 1.76. The molecule has 19 heavy (non-hydrogen) atoms. The number of nitrogens with two attached hydrogens (primary N) is 1. The summed E-state index contributed by atoms with van der Waals surface area (Å²) in [6, 6.07) is 10.3. The standard InChI is InChI=1S/C15H18N2OS/c16-9-11-5-3-6-12(11)17-15(18)14-8-10-4-1-2-7-13(10)19-14/h1-2,4,7-8,11-12H,3,5-6,9,16H2,(H,17,18). The van der Waals surface area contributed by atoms with Crippen molar-refractivity contribution in [2.75, 3.05) is 6.54 Å². The van der Waals surface area contributed by atoms with E-state index in [0.717, 1.165) is 27.8 Å². The summed E-state index contributed by atoms with van der Waals surface area (Å²) >= 11 is 1.55. The van der Waals surface area contributed by atoms with E-state index >= 15 is 0 Å². The molecule has 0 radical (unpaired) electrons. The minimum Gasteiger partial charge on any atom is -0.348 e. The van der Waals surface area contributed by atoms with Gasteiger partial charge in [0.1, 0.15) is 0 Å². The van der Waals surface area contributed by atoms with E-state index in [0.29, 0.717) is 12.5 Å². The minimum atomic E-state index is 0.0477.